The molecule has 1 aliphatic carbocycles. The highest BCUT2D eigenvalue weighted by Crippen LogP contribution is 2.29. The van der Waals surface area contributed by atoms with Crippen LogP contribution in [0.1, 0.15) is 39.0 Å². The van der Waals surface area contributed by atoms with E-state index in [-0.39, 0.29) is 5.91 Å². The van der Waals surface area contributed by atoms with Gasteiger partial charge >= 0.3 is 0 Å². The molecule has 1 aliphatic rings. The molecule has 1 atom stereocenters. The number of carbonyl (C=O) groups excluding carboxylic acids is 1. The van der Waals surface area contributed by atoms with E-state index in [2.05, 4.69) is 15.5 Å². The molecule has 0 bridgehead atoms. The standard InChI is InChI=1S/C13H22N4OS3/c1-13(10(14)18,15-9-5-6-9)7-3-4-8-20-12-17-16-11(19-2)21-12/h9,15H,3-8H2,1-2H3,(H2,14,18). The second kappa shape index (κ2) is 7.80. The summed E-state index contributed by atoms with van der Waals surface area (Å²) in [5.74, 6) is 0.761. The van der Waals surface area contributed by atoms with Crippen LogP contribution in [0.5, 0.6) is 0 Å². The highest BCUT2D eigenvalue weighted by molar-refractivity contribution is 8.02. The molecule has 1 aromatic rings. The Morgan fingerprint density at radius 1 is 1.43 bits per heavy atom. The zero-order chi connectivity index (χ0) is 15.3. The molecule has 0 saturated heterocycles. The summed E-state index contributed by atoms with van der Waals surface area (Å²) in [5, 5.41) is 11.6. The molecular formula is C13H22N4OS3. The minimum absolute atomic E-state index is 0.240. The van der Waals surface area contributed by atoms with Gasteiger partial charge in [0.05, 0.1) is 5.54 Å². The van der Waals surface area contributed by atoms with Crippen molar-refractivity contribution in [3.8, 4) is 0 Å². The van der Waals surface area contributed by atoms with Gasteiger partial charge < -0.3 is 11.1 Å². The number of aromatic nitrogens is 2. The van der Waals surface area contributed by atoms with Gasteiger partial charge in [0.1, 0.15) is 0 Å². The van der Waals surface area contributed by atoms with Crippen molar-refractivity contribution in [3.63, 3.8) is 0 Å². The molecule has 1 heterocycles. The molecule has 1 unspecified atom stereocenters. The fourth-order valence-corrected chi connectivity index (χ4v) is 4.53. The Morgan fingerprint density at radius 3 is 2.71 bits per heavy atom. The SMILES string of the molecule is CSc1nnc(SCCCCC(C)(NC2CC2)C(N)=O)s1. The van der Waals surface area contributed by atoms with Gasteiger partial charge in [-0.25, -0.2) is 0 Å². The van der Waals surface area contributed by atoms with Crippen LogP contribution in [0.15, 0.2) is 8.68 Å². The number of nitrogens with zero attached hydrogens (tertiary/aromatic N) is 2. The molecule has 118 valence electrons. The van der Waals surface area contributed by atoms with Crippen molar-refractivity contribution >= 4 is 40.8 Å². The molecule has 21 heavy (non-hydrogen) atoms. The normalized spacial score (nSPS) is 17.6. The monoisotopic (exact) mass is 346 g/mol. The molecule has 8 heteroatoms. The van der Waals surface area contributed by atoms with Gasteiger partial charge in [-0.3, -0.25) is 4.79 Å². The molecule has 0 aromatic carbocycles. The van der Waals surface area contributed by atoms with Gasteiger partial charge in [-0.2, -0.15) is 0 Å². The summed E-state index contributed by atoms with van der Waals surface area (Å²) in [6.45, 7) is 1.93. The number of hydrogen-bond donors (Lipinski definition) is 2. The van der Waals surface area contributed by atoms with Crippen molar-refractivity contribution < 1.29 is 4.79 Å². The minimum atomic E-state index is -0.555. The first-order valence-corrected chi connectivity index (χ1v) is 10.1. The number of rotatable bonds is 10. The lowest BCUT2D eigenvalue weighted by molar-refractivity contribution is -0.124. The number of hydrogen-bond acceptors (Lipinski definition) is 7. The van der Waals surface area contributed by atoms with E-state index in [1.165, 1.54) is 0 Å². The zero-order valence-corrected chi connectivity index (χ0v) is 14.9. The third-order valence-corrected chi connectivity index (χ3v) is 6.62. The van der Waals surface area contributed by atoms with Gasteiger partial charge in [-0.15, -0.1) is 10.2 Å². The van der Waals surface area contributed by atoms with Crippen LogP contribution in [0.4, 0.5) is 0 Å². The summed E-state index contributed by atoms with van der Waals surface area (Å²) < 4.78 is 2.03. The summed E-state index contributed by atoms with van der Waals surface area (Å²) in [4.78, 5) is 11.6. The lowest BCUT2D eigenvalue weighted by Crippen LogP contribution is -2.53. The maximum absolute atomic E-state index is 11.6. The topological polar surface area (TPSA) is 80.9 Å². The first-order chi connectivity index (χ1) is 10.0. The quantitative estimate of drug-likeness (QED) is 0.500. The van der Waals surface area contributed by atoms with E-state index < -0.39 is 5.54 Å². The first-order valence-electron chi connectivity index (χ1n) is 7.11. The highest BCUT2D eigenvalue weighted by Gasteiger charge is 2.36. The number of nitrogens with two attached hydrogens (primary N) is 1. The van der Waals surface area contributed by atoms with Crippen LogP contribution in [-0.2, 0) is 4.79 Å². The van der Waals surface area contributed by atoms with Crippen molar-refractivity contribution in [2.45, 2.75) is 59.3 Å². The fourth-order valence-electron chi connectivity index (χ4n) is 2.02. The fraction of sp³-hybridized carbons (Fsp3) is 0.769. The molecular weight excluding hydrogens is 324 g/mol. The average Bonchev–Trinajstić information content (AvgIpc) is 3.13. The van der Waals surface area contributed by atoms with Gasteiger partial charge in [-0.1, -0.05) is 41.3 Å². The summed E-state index contributed by atoms with van der Waals surface area (Å²) in [6.07, 6.45) is 7.16. The van der Waals surface area contributed by atoms with Crippen LogP contribution in [0, 0.1) is 0 Å². The lowest BCUT2D eigenvalue weighted by atomic mass is 9.94. The van der Waals surface area contributed by atoms with Crippen LogP contribution >= 0.6 is 34.9 Å². The van der Waals surface area contributed by atoms with Crippen molar-refractivity contribution in [1.29, 1.82) is 0 Å². The van der Waals surface area contributed by atoms with E-state index in [1.54, 1.807) is 34.9 Å². The van der Waals surface area contributed by atoms with Gasteiger partial charge in [0.15, 0.2) is 8.68 Å². The molecule has 0 radical (unpaired) electrons. The number of carbonyl (C=O) groups is 1. The van der Waals surface area contributed by atoms with Crippen LogP contribution in [0.3, 0.4) is 0 Å². The third-order valence-electron chi connectivity index (χ3n) is 3.50. The number of thioether (sulfide) groups is 2. The molecule has 2 rings (SSSR count). The largest absolute Gasteiger partial charge is 0.368 e. The second-order valence-electron chi connectivity index (χ2n) is 5.46. The van der Waals surface area contributed by atoms with Crippen molar-refractivity contribution in [1.82, 2.24) is 15.5 Å². The van der Waals surface area contributed by atoms with E-state index in [1.807, 2.05) is 13.2 Å². The molecule has 1 aromatic heterocycles. The van der Waals surface area contributed by atoms with Gasteiger partial charge in [-0.05, 0) is 38.9 Å². The number of amides is 1. The molecule has 0 aliphatic heterocycles. The van der Waals surface area contributed by atoms with E-state index in [9.17, 15) is 4.79 Å². The Bertz CT molecular complexity index is 478. The number of unbranched alkanes of at least 4 members (excludes halogenated alkanes) is 1. The summed E-state index contributed by atoms with van der Waals surface area (Å²) in [5.41, 5.74) is 4.99. The Balaban J connectivity index is 1.66. The highest BCUT2D eigenvalue weighted by atomic mass is 32.2. The van der Waals surface area contributed by atoms with Gasteiger partial charge in [0.25, 0.3) is 0 Å². The number of nitrogens with one attached hydrogen (secondary N) is 1. The second-order valence-corrected chi connectivity index (χ2v) is 8.83. The molecule has 1 amide bonds. The van der Waals surface area contributed by atoms with Crippen LogP contribution in [0.25, 0.3) is 0 Å². The Morgan fingerprint density at radius 2 is 2.14 bits per heavy atom. The number of primary amides is 1. The first kappa shape index (κ1) is 17.1. The Kier molecular flexibility index (Phi) is 6.34. The zero-order valence-electron chi connectivity index (χ0n) is 12.4. The van der Waals surface area contributed by atoms with E-state index in [4.69, 9.17) is 5.73 Å². The van der Waals surface area contributed by atoms with Crippen molar-refractivity contribution in [2.75, 3.05) is 12.0 Å². The summed E-state index contributed by atoms with van der Waals surface area (Å²) in [7, 11) is 0. The van der Waals surface area contributed by atoms with Crippen molar-refractivity contribution in [3.05, 3.63) is 0 Å². The predicted octanol–water partition coefficient (Wildman–Crippen LogP) is 2.52. The smallest absolute Gasteiger partial charge is 0.237 e. The van der Waals surface area contributed by atoms with Gasteiger partial charge in [0, 0.05) is 11.8 Å². The average molecular weight is 347 g/mol. The molecule has 1 saturated carbocycles. The summed E-state index contributed by atoms with van der Waals surface area (Å²) in [6, 6.07) is 0.489. The molecule has 5 nitrogen and oxygen atoms in total. The maximum atomic E-state index is 11.6. The Hall–Kier alpha value is -0.310. The predicted molar refractivity (Wildman–Crippen MR) is 90.0 cm³/mol. The van der Waals surface area contributed by atoms with E-state index >= 15 is 0 Å². The molecule has 1 fully saturated rings. The van der Waals surface area contributed by atoms with E-state index in [0.717, 1.165) is 46.5 Å². The summed E-state index contributed by atoms with van der Waals surface area (Å²) >= 11 is 5.00. The molecule has 3 N–H and O–H groups in total. The minimum Gasteiger partial charge on any atom is -0.368 e. The lowest BCUT2D eigenvalue weighted by Gasteiger charge is -2.27. The maximum Gasteiger partial charge on any atom is 0.237 e. The van der Waals surface area contributed by atoms with Crippen LogP contribution in [0.2, 0.25) is 0 Å². The van der Waals surface area contributed by atoms with E-state index in [0.29, 0.717) is 6.04 Å². The Labute approximate surface area is 138 Å². The van der Waals surface area contributed by atoms with Crippen LogP contribution in [-0.4, -0.2) is 39.7 Å². The molecule has 0 spiro atoms. The van der Waals surface area contributed by atoms with Crippen molar-refractivity contribution in [2.24, 2.45) is 5.73 Å². The third kappa shape index (κ3) is 5.43. The van der Waals surface area contributed by atoms with Gasteiger partial charge in [0.2, 0.25) is 5.91 Å². The van der Waals surface area contributed by atoms with Crippen LogP contribution < -0.4 is 11.1 Å².